The molecule has 1 aromatic carbocycles. The molecular weight excluding hydrogens is 232 g/mol. The van der Waals surface area contributed by atoms with E-state index in [1.54, 1.807) is 0 Å². The molecule has 106 valence electrons. The first kappa shape index (κ1) is 15.9. The summed E-state index contributed by atoms with van der Waals surface area (Å²) in [5.74, 6) is 0. The molecule has 0 aliphatic heterocycles. The molecule has 1 rings (SSSR count). The second-order valence-electron chi connectivity index (χ2n) is 5.44. The minimum Gasteiger partial charge on any atom is -0.312 e. The van der Waals surface area contributed by atoms with Crippen LogP contribution >= 0.6 is 0 Å². The summed E-state index contributed by atoms with van der Waals surface area (Å²) in [6, 6.07) is 11.6. The van der Waals surface area contributed by atoms with Crippen molar-refractivity contribution in [1.82, 2.24) is 10.2 Å². The second-order valence-corrected chi connectivity index (χ2v) is 5.44. The Kier molecular flexibility index (Phi) is 7.46. The van der Waals surface area contributed by atoms with Crippen LogP contribution < -0.4 is 5.32 Å². The standard InChI is InChI=1S/C17H28N2/c1-15(2)19(16(3)4)14-13-18-12-8-11-17-9-6-5-7-10-17/h5-11,15-16,18H,12-14H2,1-4H3/b11-8+. The lowest BCUT2D eigenvalue weighted by Crippen LogP contribution is -2.41. The molecule has 19 heavy (non-hydrogen) atoms. The summed E-state index contributed by atoms with van der Waals surface area (Å²) in [6.45, 7) is 12.1. The highest BCUT2D eigenvalue weighted by molar-refractivity contribution is 5.48. The molecule has 2 heteroatoms. The Balaban J connectivity index is 2.19. The van der Waals surface area contributed by atoms with Crippen LogP contribution in [0.15, 0.2) is 36.4 Å². The second kappa shape index (κ2) is 8.89. The highest BCUT2D eigenvalue weighted by Crippen LogP contribution is 2.03. The van der Waals surface area contributed by atoms with Crippen molar-refractivity contribution in [2.75, 3.05) is 19.6 Å². The van der Waals surface area contributed by atoms with Crippen LogP contribution in [0.25, 0.3) is 6.08 Å². The normalized spacial score (nSPS) is 12.2. The number of hydrogen-bond acceptors (Lipinski definition) is 2. The lowest BCUT2D eigenvalue weighted by atomic mass is 10.2. The lowest BCUT2D eigenvalue weighted by molar-refractivity contribution is 0.176. The molecule has 0 amide bonds. The minimum atomic E-state index is 0.613. The maximum Gasteiger partial charge on any atom is 0.0138 e. The summed E-state index contributed by atoms with van der Waals surface area (Å²) in [5, 5.41) is 3.47. The van der Waals surface area contributed by atoms with Gasteiger partial charge in [0.2, 0.25) is 0 Å². The Labute approximate surface area is 118 Å². The summed E-state index contributed by atoms with van der Waals surface area (Å²) < 4.78 is 0. The van der Waals surface area contributed by atoms with Crippen molar-refractivity contribution in [3.05, 3.63) is 42.0 Å². The molecule has 0 fully saturated rings. The predicted octanol–water partition coefficient (Wildman–Crippen LogP) is 3.41. The number of nitrogens with one attached hydrogen (secondary N) is 1. The first-order valence-corrected chi connectivity index (χ1v) is 7.29. The van der Waals surface area contributed by atoms with Gasteiger partial charge in [0.25, 0.3) is 0 Å². The molecule has 0 aliphatic rings. The van der Waals surface area contributed by atoms with Crippen molar-refractivity contribution < 1.29 is 0 Å². The average molecular weight is 260 g/mol. The Morgan fingerprint density at radius 2 is 1.68 bits per heavy atom. The van der Waals surface area contributed by atoms with Gasteiger partial charge in [-0.2, -0.15) is 0 Å². The van der Waals surface area contributed by atoms with Gasteiger partial charge in [-0.25, -0.2) is 0 Å². The van der Waals surface area contributed by atoms with Crippen LogP contribution in [0.2, 0.25) is 0 Å². The molecule has 0 bridgehead atoms. The van der Waals surface area contributed by atoms with E-state index in [2.05, 4.69) is 74.3 Å². The molecule has 0 atom stereocenters. The zero-order valence-corrected chi connectivity index (χ0v) is 12.8. The Morgan fingerprint density at radius 3 is 2.26 bits per heavy atom. The van der Waals surface area contributed by atoms with Crippen LogP contribution in [0, 0.1) is 0 Å². The van der Waals surface area contributed by atoms with E-state index >= 15 is 0 Å². The van der Waals surface area contributed by atoms with Gasteiger partial charge in [0.15, 0.2) is 0 Å². The topological polar surface area (TPSA) is 15.3 Å². The summed E-state index contributed by atoms with van der Waals surface area (Å²) in [4.78, 5) is 2.51. The molecule has 0 radical (unpaired) electrons. The van der Waals surface area contributed by atoms with E-state index in [9.17, 15) is 0 Å². The van der Waals surface area contributed by atoms with Crippen LogP contribution in [-0.4, -0.2) is 36.6 Å². The Bertz CT molecular complexity index is 347. The fraction of sp³-hybridized carbons (Fsp3) is 0.529. The smallest absolute Gasteiger partial charge is 0.0138 e. The number of hydrogen-bond donors (Lipinski definition) is 1. The van der Waals surface area contributed by atoms with Gasteiger partial charge < -0.3 is 5.32 Å². The zero-order chi connectivity index (χ0) is 14.1. The fourth-order valence-electron chi connectivity index (χ4n) is 2.27. The largest absolute Gasteiger partial charge is 0.312 e. The summed E-state index contributed by atoms with van der Waals surface area (Å²) in [6.07, 6.45) is 4.35. The van der Waals surface area contributed by atoms with Crippen LogP contribution in [0.5, 0.6) is 0 Å². The quantitative estimate of drug-likeness (QED) is 0.721. The predicted molar refractivity (Wildman–Crippen MR) is 85.3 cm³/mol. The summed E-state index contributed by atoms with van der Waals surface area (Å²) >= 11 is 0. The van der Waals surface area contributed by atoms with Gasteiger partial charge in [-0.1, -0.05) is 42.5 Å². The van der Waals surface area contributed by atoms with Crippen molar-refractivity contribution in [2.24, 2.45) is 0 Å². The monoisotopic (exact) mass is 260 g/mol. The van der Waals surface area contributed by atoms with Gasteiger partial charge in [0.05, 0.1) is 0 Å². The number of nitrogens with zero attached hydrogens (tertiary/aromatic N) is 1. The van der Waals surface area contributed by atoms with Crippen LogP contribution in [0.3, 0.4) is 0 Å². The molecule has 0 unspecified atom stereocenters. The van der Waals surface area contributed by atoms with E-state index in [4.69, 9.17) is 0 Å². The third-order valence-corrected chi connectivity index (χ3v) is 3.25. The summed E-state index contributed by atoms with van der Waals surface area (Å²) in [7, 11) is 0. The van der Waals surface area contributed by atoms with E-state index in [0.717, 1.165) is 19.6 Å². The van der Waals surface area contributed by atoms with Crippen molar-refractivity contribution >= 4 is 6.08 Å². The molecular formula is C17H28N2. The van der Waals surface area contributed by atoms with Gasteiger partial charge >= 0.3 is 0 Å². The van der Waals surface area contributed by atoms with E-state index in [1.165, 1.54) is 5.56 Å². The molecule has 1 aromatic rings. The molecule has 0 heterocycles. The van der Waals surface area contributed by atoms with Crippen molar-refractivity contribution in [3.63, 3.8) is 0 Å². The molecule has 0 saturated heterocycles. The third kappa shape index (κ3) is 6.55. The highest BCUT2D eigenvalue weighted by Gasteiger charge is 2.11. The first-order valence-electron chi connectivity index (χ1n) is 7.29. The van der Waals surface area contributed by atoms with Crippen LogP contribution in [0.1, 0.15) is 33.3 Å². The van der Waals surface area contributed by atoms with Crippen LogP contribution in [0.4, 0.5) is 0 Å². The van der Waals surface area contributed by atoms with Gasteiger partial charge in [0, 0.05) is 31.7 Å². The van der Waals surface area contributed by atoms with E-state index in [1.807, 2.05) is 6.07 Å². The molecule has 0 aliphatic carbocycles. The Morgan fingerprint density at radius 1 is 1.05 bits per heavy atom. The van der Waals surface area contributed by atoms with E-state index in [0.29, 0.717) is 12.1 Å². The van der Waals surface area contributed by atoms with Gasteiger partial charge in [-0.05, 0) is 33.3 Å². The third-order valence-electron chi connectivity index (χ3n) is 3.25. The van der Waals surface area contributed by atoms with Crippen molar-refractivity contribution in [2.45, 2.75) is 39.8 Å². The first-order chi connectivity index (χ1) is 9.11. The SMILES string of the molecule is CC(C)N(CCNC/C=C/c1ccccc1)C(C)C. The fourth-order valence-corrected chi connectivity index (χ4v) is 2.27. The molecule has 2 nitrogen and oxygen atoms in total. The van der Waals surface area contributed by atoms with Crippen LogP contribution in [-0.2, 0) is 0 Å². The molecule has 0 spiro atoms. The van der Waals surface area contributed by atoms with Gasteiger partial charge in [0.1, 0.15) is 0 Å². The number of rotatable bonds is 8. The number of benzene rings is 1. The molecule has 0 saturated carbocycles. The average Bonchev–Trinajstić information content (AvgIpc) is 2.38. The van der Waals surface area contributed by atoms with E-state index < -0.39 is 0 Å². The minimum absolute atomic E-state index is 0.613. The van der Waals surface area contributed by atoms with E-state index in [-0.39, 0.29) is 0 Å². The lowest BCUT2D eigenvalue weighted by Gasteiger charge is -2.30. The summed E-state index contributed by atoms with van der Waals surface area (Å²) in [5.41, 5.74) is 1.26. The van der Waals surface area contributed by atoms with Gasteiger partial charge in [-0.15, -0.1) is 0 Å². The Hall–Kier alpha value is -1.12. The zero-order valence-electron chi connectivity index (χ0n) is 12.8. The molecule has 1 N–H and O–H groups in total. The van der Waals surface area contributed by atoms with Gasteiger partial charge in [-0.3, -0.25) is 4.90 Å². The van der Waals surface area contributed by atoms with Crippen molar-refractivity contribution in [3.8, 4) is 0 Å². The molecule has 0 aromatic heterocycles. The highest BCUT2D eigenvalue weighted by atomic mass is 15.2. The van der Waals surface area contributed by atoms with Crippen molar-refractivity contribution in [1.29, 1.82) is 0 Å². The maximum atomic E-state index is 3.47. The maximum absolute atomic E-state index is 3.47.